The number of benzene rings is 1. The van der Waals surface area contributed by atoms with Crippen molar-refractivity contribution in [2.45, 2.75) is 25.8 Å². The number of carbonyl (C=O) groups excluding carboxylic acids is 1. The fourth-order valence-corrected chi connectivity index (χ4v) is 3.13. The van der Waals surface area contributed by atoms with Crippen molar-refractivity contribution in [3.05, 3.63) is 34.3 Å². The molecular weight excluding hydrogens is 304 g/mol. The maximum Gasteiger partial charge on any atom is 0.226 e. The monoisotopic (exact) mass is 324 g/mol. The Balaban J connectivity index is 1.97. The molecule has 2 unspecified atom stereocenters. The Morgan fingerprint density at radius 1 is 1.37 bits per heavy atom. The summed E-state index contributed by atoms with van der Waals surface area (Å²) in [6.07, 6.45) is 3.22. The smallest absolute Gasteiger partial charge is 0.226 e. The second-order valence-electron chi connectivity index (χ2n) is 5.35. The molecule has 1 saturated carbocycles. The summed E-state index contributed by atoms with van der Waals surface area (Å²) >= 11 is 3.42. The van der Waals surface area contributed by atoms with Crippen LogP contribution >= 0.6 is 15.9 Å². The Morgan fingerprint density at radius 2 is 2.05 bits per heavy atom. The number of halogens is 1. The van der Waals surface area contributed by atoms with Crippen molar-refractivity contribution in [1.29, 1.82) is 0 Å². The molecule has 0 radical (unpaired) electrons. The Labute approximate surface area is 123 Å². The van der Waals surface area contributed by atoms with Crippen LogP contribution in [0.25, 0.3) is 0 Å². The molecule has 1 aliphatic carbocycles. The molecule has 1 fully saturated rings. The molecule has 0 bridgehead atoms. The molecule has 2 N–H and O–H groups in total. The zero-order valence-corrected chi connectivity index (χ0v) is 12.9. The molecular formula is C15H21BrN2O. The summed E-state index contributed by atoms with van der Waals surface area (Å²) < 4.78 is 1.06. The SMILES string of the molecule is CN(Cc1ccc(Br)cc1)C(=O)C1CCCC1CN. The molecule has 0 saturated heterocycles. The molecule has 2 rings (SSSR count). The minimum Gasteiger partial charge on any atom is -0.341 e. The molecule has 0 aliphatic heterocycles. The number of nitrogens with zero attached hydrogens (tertiary/aromatic N) is 1. The first-order chi connectivity index (χ1) is 9.11. The van der Waals surface area contributed by atoms with Crippen LogP contribution in [0.3, 0.4) is 0 Å². The number of nitrogens with two attached hydrogens (primary N) is 1. The zero-order chi connectivity index (χ0) is 13.8. The van der Waals surface area contributed by atoms with Crippen LogP contribution < -0.4 is 5.73 Å². The van der Waals surface area contributed by atoms with E-state index in [1.807, 2.05) is 36.2 Å². The van der Waals surface area contributed by atoms with Gasteiger partial charge in [-0.25, -0.2) is 0 Å². The fraction of sp³-hybridized carbons (Fsp3) is 0.533. The van der Waals surface area contributed by atoms with E-state index in [0.717, 1.165) is 29.3 Å². The standard InChI is InChI=1S/C15H21BrN2O/c1-18(10-11-5-7-13(16)8-6-11)15(19)14-4-2-3-12(14)9-17/h5-8,12,14H,2-4,9-10,17H2,1H3. The Hall–Kier alpha value is -0.870. The maximum atomic E-state index is 12.4. The van der Waals surface area contributed by atoms with Crippen LogP contribution in [0.2, 0.25) is 0 Å². The highest BCUT2D eigenvalue weighted by molar-refractivity contribution is 9.10. The van der Waals surface area contributed by atoms with E-state index in [-0.39, 0.29) is 11.8 Å². The largest absolute Gasteiger partial charge is 0.341 e. The van der Waals surface area contributed by atoms with Gasteiger partial charge in [0.25, 0.3) is 0 Å². The van der Waals surface area contributed by atoms with Crippen molar-refractivity contribution in [3.63, 3.8) is 0 Å². The first-order valence-electron chi connectivity index (χ1n) is 6.81. The van der Waals surface area contributed by atoms with Crippen molar-refractivity contribution in [2.75, 3.05) is 13.6 Å². The van der Waals surface area contributed by atoms with Gasteiger partial charge in [-0.15, -0.1) is 0 Å². The van der Waals surface area contributed by atoms with Crippen molar-refractivity contribution in [3.8, 4) is 0 Å². The van der Waals surface area contributed by atoms with Crippen molar-refractivity contribution < 1.29 is 4.79 Å². The lowest BCUT2D eigenvalue weighted by atomic mass is 9.95. The van der Waals surface area contributed by atoms with Crippen molar-refractivity contribution in [1.82, 2.24) is 4.90 Å². The van der Waals surface area contributed by atoms with E-state index < -0.39 is 0 Å². The molecule has 0 spiro atoms. The second-order valence-corrected chi connectivity index (χ2v) is 6.27. The Morgan fingerprint density at radius 3 is 2.68 bits per heavy atom. The van der Waals surface area contributed by atoms with Crippen LogP contribution in [-0.4, -0.2) is 24.4 Å². The normalized spacial score (nSPS) is 22.5. The Kier molecular flexibility index (Phi) is 4.99. The summed E-state index contributed by atoms with van der Waals surface area (Å²) in [4.78, 5) is 14.3. The first-order valence-corrected chi connectivity index (χ1v) is 7.60. The summed E-state index contributed by atoms with van der Waals surface area (Å²) in [6, 6.07) is 8.10. The fourth-order valence-electron chi connectivity index (χ4n) is 2.87. The lowest BCUT2D eigenvalue weighted by Crippen LogP contribution is -2.36. The van der Waals surface area contributed by atoms with E-state index in [9.17, 15) is 4.79 Å². The number of hydrogen-bond donors (Lipinski definition) is 1. The van der Waals surface area contributed by atoms with E-state index in [1.54, 1.807) is 0 Å². The number of hydrogen-bond acceptors (Lipinski definition) is 2. The van der Waals surface area contributed by atoms with Crippen LogP contribution in [0.5, 0.6) is 0 Å². The second kappa shape index (κ2) is 6.53. The van der Waals surface area contributed by atoms with Gasteiger partial charge >= 0.3 is 0 Å². The van der Waals surface area contributed by atoms with Gasteiger partial charge < -0.3 is 10.6 Å². The third-order valence-corrected chi connectivity index (χ3v) is 4.52. The van der Waals surface area contributed by atoms with Crippen molar-refractivity contribution >= 4 is 21.8 Å². The number of amides is 1. The molecule has 104 valence electrons. The zero-order valence-electron chi connectivity index (χ0n) is 11.3. The van der Waals surface area contributed by atoms with Gasteiger partial charge in [0.1, 0.15) is 0 Å². The lowest BCUT2D eigenvalue weighted by Gasteiger charge is -2.24. The summed E-state index contributed by atoms with van der Waals surface area (Å²) in [7, 11) is 1.89. The van der Waals surface area contributed by atoms with E-state index in [2.05, 4.69) is 15.9 Å². The van der Waals surface area contributed by atoms with Crippen LogP contribution in [0.15, 0.2) is 28.7 Å². The third kappa shape index (κ3) is 3.57. The average molecular weight is 325 g/mol. The molecule has 1 aromatic rings. The summed E-state index contributed by atoms with van der Waals surface area (Å²) in [6.45, 7) is 1.29. The van der Waals surface area contributed by atoms with Gasteiger partial charge in [0.15, 0.2) is 0 Å². The highest BCUT2D eigenvalue weighted by Crippen LogP contribution is 2.32. The van der Waals surface area contributed by atoms with Crippen LogP contribution in [0.1, 0.15) is 24.8 Å². The van der Waals surface area contributed by atoms with Gasteiger partial charge in [-0.1, -0.05) is 34.5 Å². The lowest BCUT2D eigenvalue weighted by molar-refractivity contribution is -0.135. The molecule has 2 atom stereocenters. The summed E-state index contributed by atoms with van der Waals surface area (Å²) in [5.41, 5.74) is 6.91. The maximum absolute atomic E-state index is 12.4. The molecule has 4 heteroatoms. The van der Waals surface area contributed by atoms with Gasteiger partial charge in [-0.3, -0.25) is 4.79 Å². The van der Waals surface area contributed by atoms with E-state index in [4.69, 9.17) is 5.73 Å². The molecule has 3 nitrogen and oxygen atoms in total. The topological polar surface area (TPSA) is 46.3 Å². The molecule has 1 aliphatic rings. The van der Waals surface area contributed by atoms with Gasteiger partial charge in [-0.2, -0.15) is 0 Å². The van der Waals surface area contributed by atoms with E-state index in [0.29, 0.717) is 19.0 Å². The molecule has 19 heavy (non-hydrogen) atoms. The summed E-state index contributed by atoms with van der Waals surface area (Å²) in [5, 5.41) is 0. The summed E-state index contributed by atoms with van der Waals surface area (Å²) in [5.74, 6) is 0.751. The molecule has 1 aromatic carbocycles. The molecule has 0 heterocycles. The van der Waals surface area contributed by atoms with E-state index >= 15 is 0 Å². The highest BCUT2D eigenvalue weighted by Gasteiger charge is 2.33. The van der Waals surface area contributed by atoms with Crippen LogP contribution in [0.4, 0.5) is 0 Å². The van der Waals surface area contributed by atoms with Gasteiger partial charge in [-0.05, 0) is 43.0 Å². The predicted molar refractivity (Wildman–Crippen MR) is 80.5 cm³/mol. The highest BCUT2D eigenvalue weighted by atomic mass is 79.9. The van der Waals surface area contributed by atoms with Crippen LogP contribution in [-0.2, 0) is 11.3 Å². The quantitative estimate of drug-likeness (QED) is 0.925. The number of carbonyl (C=O) groups is 1. The minimum atomic E-state index is 0.130. The predicted octanol–water partition coefficient (Wildman–Crippen LogP) is 2.78. The van der Waals surface area contributed by atoms with Crippen LogP contribution in [0, 0.1) is 11.8 Å². The first kappa shape index (κ1) is 14.5. The van der Waals surface area contributed by atoms with Crippen molar-refractivity contribution in [2.24, 2.45) is 17.6 Å². The van der Waals surface area contributed by atoms with Gasteiger partial charge in [0.05, 0.1) is 0 Å². The van der Waals surface area contributed by atoms with Gasteiger partial charge in [0, 0.05) is 24.0 Å². The minimum absolute atomic E-state index is 0.130. The third-order valence-electron chi connectivity index (χ3n) is 3.99. The average Bonchev–Trinajstić information content (AvgIpc) is 2.88. The Bertz CT molecular complexity index is 432. The van der Waals surface area contributed by atoms with Gasteiger partial charge in [0.2, 0.25) is 5.91 Å². The number of rotatable bonds is 4. The van der Waals surface area contributed by atoms with E-state index in [1.165, 1.54) is 0 Å². The molecule has 1 amide bonds. The molecule has 0 aromatic heterocycles.